The van der Waals surface area contributed by atoms with Gasteiger partial charge in [-0.3, -0.25) is 0 Å². The van der Waals surface area contributed by atoms with Gasteiger partial charge in [0.1, 0.15) is 11.6 Å². The standard InChI is InChI=1S/C15H17ClFNO/c1-2-8-18-13(14-7-4-9-19-14)10-11-5-3-6-12(16)15(11)17/h3-7,9,13,18H,2,8,10H2,1H3. The summed E-state index contributed by atoms with van der Waals surface area (Å²) in [4.78, 5) is 0. The number of nitrogens with one attached hydrogen (secondary N) is 1. The molecule has 0 aliphatic heterocycles. The van der Waals surface area contributed by atoms with Gasteiger partial charge in [-0.15, -0.1) is 0 Å². The van der Waals surface area contributed by atoms with Gasteiger partial charge in [-0.25, -0.2) is 4.39 Å². The molecule has 0 saturated heterocycles. The van der Waals surface area contributed by atoms with Crippen molar-refractivity contribution in [3.05, 3.63) is 58.8 Å². The van der Waals surface area contributed by atoms with Crippen LogP contribution in [-0.2, 0) is 6.42 Å². The molecule has 2 rings (SSSR count). The Labute approximate surface area is 117 Å². The Balaban J connectivity index is 2.18. The van der Waals surface area contributed by atoms with Crippen LogP contribution in [0.5, 0.6) is 0 Å². The van der Waals surface area contributed by atoms with E-state index in [1.54, 1.807) is 24.5 Å². The molecule has 4 heteroatoms. The smallest absolute Gasteiger partial charge is 0.145 e. The minimum Gasteiger partial charge on any atom is -0.468 e. The molecule has 0 amide bonds. The van der Waals surface area contributed by atoms with E-state index < -0.39 is 0 Å². The van der Waals surface area contributed by atoms with Gasteiger partial charge in [0.25, 0.3) is 0 Å². The molecule has 0 radical (unpaired) electrons. The summed E-state index contributed by atoms with van der Waals surface area (Å²) in [5, 5.41) is 3.52. The first-order chi connectivity index (χ1) is 9.22. The Morgan fingerprint density at radius 3 is 2.84 bits per heavy atom. The lowest BCUT2D eigenvalue weighted by Gasteiger charge is -2.17. The average molecular weight is 282 g/mol. The molecule has 0 bridgehead atoms. The fraction of sp³-hybridized carbons (Fsp3) is 0.333. The highest BCUT2D eigenvalue weighted by molar-refractivity contribution is 6.30. The van der Waals surface area contributed by atoms with Crippen LogP contribution in [0.1, 0.15) is 30.7 Å². The van der Waals surface area contributed by atoms with E-state index in [0.717, 1.165) is 18.7 Å². The SMILES string of the molecule is CCCNC(Cc1cccc(Cl)c1F)c1ccco1. The first-order valence-electron chi connectivity index (χ1n) is 6.42. The molecule has 19 heavy (non-hydrogen) atoms. The maximum Gasteiger partial charge on any atom is 0.145 e. The predicted octanol–water partition coefficient (Wildman–Crippen LogP) is 4.36. The minimum absolute atomic E-state index is 0.0390. The van der Waals surface area contributed by atoms with Crippen molar-refractivity contribution in [3.8, 4) is 0 Å². The van der Waals surface area contributed by atoms with E-state index in [0.29, 0.717) is 12.0 Å². The van der Waals surface area contributed by atoms with Crippen LogP contribution in [0.4, 0.5) is 4.39 Å². The molecule has 1 aromatic heterocycles. The summed E-state index contributed by atoms with van der Waals surface area (Å²) in [7, 11) is 0. The van der Waals surface area contributed by atoms with Gasteiger partial charge >= 0.3 is 0 Å². The van der Waals surface area contributed by atoms with Gasteiger partial charge in [0, 0.05) is 0 Å². The summed E-state index contributed by atoms with van der Waals surface area (Å²) < 4.78 is 19.4. The molecule has 0 fully saturated rings. The maximum atomic E-state index is 13.9. The van der Waals surface area contributed by atoms with Gasteiger partial charge in [0.15, 0.2) is 0 Å². The zero-order valence-electron chi connectivity index (χ0n) is 10.8. The van der Waals surface area contributed by atoms with E-state index >= 15 is 0 Å². The van der Waals surface area contributed by atoms with E-state index in [-0.39, 0.29) is 16.9 Å². The monoisotopic (exact) mass is 281 g/mol. The summed E-state index contributed by atoms with van der Waals surface area (Å²) in [5.74, 6) is 0.465. The van der Waals surface area contributed by atoms with Gasteiger partial charge in [-0.1, -0.05) is 30.7 Å². The average Bonchev–Trinajstić information content (AvgIpc) is 2.93. The predicted molar refractivity (Wildman–Crippen MR) is 74.9 cm³/mol. The van der Waals surface area contributed by atoms with Crippen molar-refractivity contribution in [2.45, 2.75) is 25.8 Å². The molecule has 0 spiro atoms. The van der Waals surface area contributed by atoms with E-state index in [9.17, 15) is 4.39 Å². The molecule has 1 unspecified atom stereocenters. The summed E-state index contributed by atoms with van der Waals surface area (Å²) >= 11 is 5.81. The van der Waals surface area contributed by atoms with E-state index in [1.807, 2.05) is 12.1 Å². The third-order valence-corrected chi connectivity index (χ3v) is 3.27. The van der Waals surface area contributed by atoms with Crippen molar-refractivity contribution < 1.29 is 8.81 Å². The fourth-order valence-corrected chi connectivity index (χ4v) is 2.20. The quantitative estimate of drug-likeness (QED) is 0.851. The molecular formula is C15H17ClFNO. The van der Waals surface area contributed by atoms with Crippen molar-refractivity contribution >= 4 is 11.6 Å². The van der Waals surface area contributed by atoms with Crippen molar-refractivity contribution in [3.63, 3.8) is 0 Å². The number of rotatable bonds is 6. The van der Waals surface area contributed by atoms with Gasteiger partial charge in [0.2, 0.25) is 0 Å². The minimum atomic E-state index is -0.348. The van der Waals surface area contributed by atoms with Gasteiger partial charge < -0.3 is 9.73 Å². The summed E-state index contributed by atoms with van der Waals surface area (Å²) in [6.45, 7) is 2.94. The van der Waals surface area contributed by atoms with Gasteiger partial charge in [-0.05, 0) is 43.1 Å². The third-order valence-electron chi connectivity index (χ3n) is 2.98. The molecule has 102 valence electrons. The summed E-state index contributed by atoms with van der Waals surface area (Å²) in [6, 6.07) is 8.77. The zero-order valence-corrected chi connectivity index (χ0v) is 11.6. The molecule has 0 aliphatic rings. The van der Waals surface area contributed by atoms with Crippen LogP contribution in [0.15, 0.2) is 41.0 Å². The van der Waals surface area contributed by atoms with Crippen LogP contribution in [0, 0.1) is 5.82 Å². The van der Waals surface area contributed by atoms with Crippen molar-refractivity contribution in [2.75, 3.05) is 6.54 Å². The highest BCUT2D eigenvalue weighted by Crippen LogP contribution is 2.24. The molecule has 2 aromatic rings. The zero-order chi connectivity index (χ0) is 13.7. The molecule has 1 heterocycles. The molecule has 1 atom stereocenters. The number of benzene rings is 1. The van der Waals surface area contributed by atoms with Crippen molar-refractivity contribution in [1.82, 2.24) is 5.32 Å². The van der Waals surface area contributed by atoms with Gasteiger partial charge in [0.05, 0.1) is 17.3 Å². The van der Waals surface area contributed by atoms with Crippen molar-refractivity contribution in [1.29, 1.82) is 0 Å². The highest BCUT2D eigenvalue weighted by atomic mass is 35.5. The summed E-state index contributed by atoms with van der Waals surface area (Å²) in [5.41, 5.74) is 0.595. The van der Waals surface area contributed by atoms with Crippen LogP contribution in [-0.4, -0.2) is 6.54 Å². The van der Waals surface area contributed by atoms with Crippen LogP contribution >= 0.6 is 11.6 Å². The first kappa shape index (κ1) is 14.1. The highest BCUT2D eigenvalue weighted by Gasteiger charge is 2.17. The molecule has 1 aromatic carbocycles. The van der Waals surface area contributed by atoms with Crippen LogP contribution < -0.4 is 5.32 Å². The number of furan rings is 1. The fourth-order valence-electron chi connectivity index (χ4n) is 2.01. The molecule has 2 nitrogen and oxygen atoms in total. The topological polar surface area (TPSA) is 25.2 Å². The lowest BCUT2D eigenvalue weighted by molar-refractivity contribution is 0.407. The number of halogens is 2. The van der Waals surface area contributed by atoms with Crippen LogP contribution in [0.25, 0.3) is 0 Å². The molecule has 1 N–H and O–H groups in total. The second kappa shape index (κ2) is 6.73. The Hall–Kier alpha value is -1.32. The third kappa shape index (κ3) is 3.58. The largest absolute Gasteiger partial charge is 0.468 e. The number of hydrogen-bond acceptors (Lipinski definition) is 2. The Bertz CT molecular complexity index is 513. The Kier molecular flexibility index (Phi) is 5.00. The van der Waals surface area contributed by atoms with Crippen LogP contribution in [0.3, 0.4) is 0 Å². The van der Waals surface area contributed by atoms with Crippen LogP contribution in [0.2, 0.25) is 5.02 Å². The number of hydrogen-bond donors (Lipinski definition) is 1. The molecule has 0 aliphatic carbocycles. The second-order valence-corrected chi connectivity index (χ2v) is 4.85. The van der Waals surface area contributed by atoms with E-state index in [2.05, 4.69) is 12.2 Å². The second-order valence-electron chi connectivity index (χ2n) is 4.44. The Morgan fingerprint density at radius 1 is 1.32 bits per heavy atom. The normalized spacial score (nSPS) is 12.6. The lowest BCUT2D eigenvalue weighted by atomic mass is 10.0. The van der Waals surface area contributed by atoms with E-state index in [4.69, 9.17) is 16.0 Å². The lowest BCUT2D eigenvalue weighted by Crippen LogP contribution is -2.24. The molecule has 0 saturated carbocycles. The summed E-state index contributed by atoms with van der Waals surface area (Å²) in [6.07, 6.45) is 3.15. The molecular weight excluding hydrogens is 265 g/mol. The Morgan fingerprint density at radius 2 is 2.16 bits per heavy atom. The maximum absolute atomic E-state index is 13.9. The van der Waals surface area contributed by atoms with Crippen molar-refractivity contribution in [2.24, 2.45) is 0 Å². The first-order valence-corrected chi connectivity index (χ1v) is 6.79. The van der Waals surface area contributed by atoms with E-state index in [1.165, 1.54) is 0 Å². The van der Waals surface area contributed by atoms with Gasteiger partial charge in [-0.2, -0.15) is 0 Å².